The Labute approximate surface area is 153 Å². The highest BCUT2D eigenvalue weighted by molar-refractivity contribution is 5.81. The number of alkyl halides is 3. The van der Waals surface area contributed by atoms with Crippen LogP contribution in [0.15, 0.2) is 59.1 Å². The molecule has 0 spiro atoms. The normalized spacial score (nSPS) is 11.4. The highest BCUT2D eigenvalue weighted by atomic mass is 19.4. The van der Waals surface area contributed by atoms with Gasteiger partial charge in [-0.2, -0.15) is 13.2 Å². The first-order chi connectivity index (χ1) is 12.9. The van der Waals surface area contributed by atoms with Crippen molar-refractivity contribution in [2.45, 2.75) is 19.5 Å². The molecule has 4 nitrogen and oxygen atoms in total. The van der Waals surface area contributed by atoms with Gasteiger partial charge in [0.05, 0.1) is 18.6 Å². The van der Waals surface area contributed by atoms with E-state index in [0.717, 1.165) is 17.7 Å². The number of esters is 1. The highest BCUT2D eigenvalue weighted by Gasteiger charge is 2.30. The molecule has 0 aliphatic heterocycles. The summed E-state index contributed by atoms with van der Waals surface area (Å²) in [5, 5.41) is 4.04. The lowest BCUT2D eigenvalue weighted by molar-refractivity contribution is -0.142. The van der Waals surface area contributed by atoms with Gasteiger partial charge in [-0.25, -0.2) is 0 Å². The van der Waals surface area contributed by atoms with Crippen LogP contribution in [0, 0.1) is 0 Å². The number of carbonyl (C=O) groups is 1. The van der Waals surface area contributed by atoms with Gasteiger partial charge in [0.25, 0.3) is 0 Å². The second-order valence-electron chi connectivity index (χ2n) is 5.76. The number of aromatic nitrogens is 1. The standard InChI is InChI=1S/C20H16F3NO3/c1-2-26-17(25)12-16-18(13-6-4-3-5-7-13)24-27-19(16)14-8-10-15(11-9-14)20(21,22)23/h3-11H,2,12H2,1H3. The number of nitrogens with zero attached hydrogens (tertiary/aromatic N) is 1. The summed E-state index contributed by atoms with van der Waals surface area (Å²) in [5.74, 6) is -0.221. The maximum atomic E-state index is 12.8. The van der Waals surface area contributed by atoms with E-state index < -0.39 is 17.7 Å². The van der Waals surface area contributed by atoms with Crippen LogP contribution in [0.5, 0.6) is 0 Å². The second kappa shape index (κ2) is 7.65. The fourth-order valence-electron chi connectivity index (χ4n) is 2.69. The highest BCUT2D eigenvalue weighted by Crippen LogP contribution is 2.35. The van der Waals surface area contributed by atoms with Crippen molar-refractivity contribution in [1.82, 2.24) is 5.16 Å². The van der Waals surface area contributed by atoms with E-state index in [2.05, 4.69) is 5.16 Å². The van der Waals surface area contributed by atoms with Crippen molar-refractivity contribution in [3.63, 3.8) is 0 Å². The minimum atomic E-state index is -4.43. The fraction of sp³-hybridized carbons (Fsp3) is 0.200. The molecular weight excluding hydrogens is 359 g/mol. The molecule has 0 atom stereocenters. The number of halogens is 3. The molecular formula is C20H16F3NO3. The third-order valence-electron chi connectivity index (χ3n) is 3.94. The summed E-state index contributed by atoms with van der Waals surface area (Å²) in [7, 11) is 0. The van der Waals surface area contributed by atoms with Gasteiger partial charge in [0.1, 0.15) is 5.69 Å². The maximum absolute atomic E-state index is 12.8. The lowest BCUT2D eigenvalue weighted by Gasteiger charge is -2.08. The van der Waals surface area contributed by atoms with Crippen molar-refractivity contribution in [2.75, 3.05) is 6.61 Å². The van der Waals surface area contributed by atoms with Gasteiger partial charge in [0, 0.05) is 16.7 Å². The summed E-state index contributed by atoms with van der Waals surface area (Å²) in [6, 6.07) is 13.6. The molecule has 2 aromatic carbocycles. The molecule has 1 aromatic heterocycles. The molecule has 140 valence electrons. The lowest BCUT2D eigenvalue weighted by Crippen LogP contribution is -2.08. The number of hydrogen-bond donors (Lipinski definition) is 0. The van der Waals surface area contributed by atoms with Gasteiger partial charge in [-0.05, 0) is 19.1 Å². The van der Waals surface area contributed by atoms with Crippen molar-refractivity contribution >= 4 is 5.97 Å². The largest absolute Gasteiger partial charge is 0.466 e. The molecule has 3 aromatic rings. The monoisotopic (exact) mass is 375 g/mol. The zero-order valence-corrected chi connectivity index (χ0v) is 14.4. The first kappa shape index (κ1) is 18.7. The Bertz CT molecular complexity index is 916. The van der Waals surface area contributed by atoms with Crippen molar-refractivity contribution in [1.29, 1.82) is 0 Å². The van der Waals surface area contributed by atoms with E-state index in [1.54, 1.807) is 6.92 Å². The average molecular weight is 375 g/mol. The molecule has 0 amide bonds. The van der Waals surface area contributed by atoms with Crippen LogP contribution in [0.3, 0.4) is 0 Å². The summed E-state index contributed by atoms with van der Waals surface area (Å²) < 4.78 is 48.8. The molecule has 7 heteroatoms. The molecule has 27 heavy (non-hydrogen) atoms. The van der Waals surface area contributed by atoms with Gasteiger partial charge >= 0.3 is 12.1 Å². The van der Waals surface area contributed by atoms with Crippen molar-refractivity contribution in [3.05, 3.63) is 65.7 Å². The summed E-state index contributed by atoms with van der Waals surface area (Å²) in [5.41, 5.74) is 1.30. The Morgan fingerprint density at radius 2 is 1.70 bits per heavy atom. The Hall–Kier alpha value is -3.09. The number of carbonyl (C=O) groups excluding carboxylic acids is 1. The van der Waals surface area contributed by atoms with Crippen LogP contribution >= 0.6 is 0 Å². The number of hydrogen-bond acceptors (Lipinski definition) is 4. The zero-order valence-electron chi connectivity index (χ0n) is 14.4. The Morgan fingerprint density at radius 3 is 2.30 bits per heavy atom. The van der Waals surface area contributed by atoms with Gasteiger partial charge in [0.2, 0.25) is 0 Å². The molecule has 0 N–H and O–H groups in total. The van der Waals surface area contributed by atoms with Crippen LogP contribution in [0.25, 0.3) is 22.6 Å². The van der Waals surface area contributed by atoms with Crippen molar-refractivity contribution in [3.8, 4) is 22.6 Å². The van der Waals surface area contributed by atoms with E-state index in [4.69, 9.17) is 9.26 Å². The van der Waals surface area contributed by atoms with Crippen molar-refractivity contribution < 1.29 is 27.2 Å². The molecule has 0 aliphatic rings. The summed E-state index contributed by atoms with van der Waals surface area (Å²) >= 11 is 0. The number of ether oxygens (including phenoxy) is 1. The van der Waals surface area contributed by atoms with E-state index in [0.29, 0.717) is 16.8 Å². The quantitative estimate of drug-likeness (QED) is 0.580. The summed E-state index contributed by atoms with van der Waals surface area (Å²) in [4.78, 5) is 12.0. The smallest absolute Gasteiger partial charge is 0.416 e. The Balaban J connectivity index is 2.04. The van der Waals surface area contributed by atoms with E-state index in [1.165, 1.54) is 12.1 Å². The average Bonchev–Trinajstić information content (AvgIpc) is 3.05. The molecule has 1 heterocycles. The van der Waals surface area contributed by atoms with Crippen LogP contribution in [-0.2, 0) is 22.1 Å². The first-order valence-electron chi connectivity index (χ1n) is 8.27. The topological polar surface area (TPSA) is 52.3 Å². The van der Waals surface area contributed by atoms with Gasteiger partial charge in [0.15, 0.2) is 5.76 Å². The van der Waals surface area contributed by atoms with Gasteiger partial charge in [-0.15, -0.1) is 0 Å². The van der Waals surface area contributed by atoms with E-state index in [9.17, 15) is 18.0 Å². The SMILES string of the molecule is CCOC(=O)Cc1c(-c2ccccc2)noc1-c1ccc(C(F)(F)F)cc1. The van der Waals surface area contributed by atoms with Crippen LogP contribution in [0.4, 0.5) is 13.2 Å². The molecule has 0 bridgehead atoms. The van der Waals surface area contributed by atoms with Gasteiger partial charge in [-0.3, -0.25) is 4.79 Å². The predicted molar refractivity (Wildman–Crippen MR) is 92.7 cm³/mol. The van der Waals surface area contributed by atoms with Crippen molar-refractivity contribution in [2.24, 2.45) is 0 Å². The Kier molecular flexibility index (Phi) is 5.30. The molecule has 0 saturated heterocycles. The fourth-order valence-corrected chi connectivity index (χ4v) is 2.69. The van der Waals surface area contributed by atoms with Crippen LogP contribution in [0.2, 0.25) is 0 Å². The van der Waals surface area contributed by atoms with Gasteiger partial charge in [-0.1, -0.05) is 47.6 Å². The second-order valence-corrected chi connectivity index (χ2v) is 5.76. The molecule has 3 rings (SSSR count). The van der Waals surface area contributed by atoms with E-state index >= 15 is 0 Å². The van der Waals surface area contributed by atoms with Crippen LogP contribution < -0.4 is 0 Å². The number of benzene rings is 2. The molecule has 0 fully saturated rings. The minimum absolute atomic E-state index is 0.0993. The Morgan fingerprint density at radius 1 is 1.04 bits per heavy atom. The molecule has 0 aliphatic carbocycles. The molecule has 0 unspecified atom stereocenters. The first-order valence-corrected chi connectivity index (χ1v) is 8.27. The van der Waals surface area contributed by atoms with Gasteiger partial charge < -0.3 is 9.26 Å². The van der Waals surface area contributed by atoms with Crippen LogP contribution in [-0.4, -0.2) is 17.7 Å². The summed E-state index contributed by atoms with van der Waals surface area (Å²) in [6.07, 6.45) is -4.53. The number of rotatable bonds is 5. The lowest BCUT2D eigenvalue weighted by atomic mass is 9.99. The van der Waals surface area contributed by atoms with E-state index in [1.807, 2.05) is 30.3 Å². The van der Waals surface area contributed by atoms with E-state index in [-0.39, 0.29) is 18.8 Å². The summed E-state index contributed by atoms with van der Waals surface area (Å²) in [6.45, 7) is 1.92. The zero-order chi connectivity index (χ0) is 19.4. The predicted octanol–water partition coefficient (Wildman–Crippen LogP) is 5.13. The third-order valence-corrected chi connectivity index (χ3v) is 3.94. The third kappa shape index (κ3) is 4.19. The molecule has 0 saturated carbocycles. The molecule has 0 radical (unpaired) electrons. The minimum Gasteiger partial charge on any atom is -0.466 e. The van der Waals surface area contributed by atoms with Crippen LogP contribution in [0.1, 0.15) is 18.1 Å². The maximum Gasteiger partial charge on any atom is 0.416 e.